The number of fused-ring (bicyclic) bond motifs is 2. The van der Waals surface area contributed by atoms with Crippen LogP contribution in [0.15, 0.2) is 72.8 Å². The van der Waals surface area contributed by atoms with Gasteiger partial charge >= 0.3 is 0 Å². The van der Waals surface area contributed by atoms with E-state index < -0.39 is 10.1 Å². The Balaban J connectivity index is 0.000000181. The molecule has 8 heteroatoms. The number of ether oxygens (including phenoxy) is 1. The molecule has 2 aliphatic rings. The maximum absolute atomic E-state index is 11.0. The van der Waals surface area contributed by atoms with Crippen LogP contribution >= 0.6 is 0 Å². The molecule has 4 aromatic carbocycles. The molecule has 0 amide bonds. The van der Waals surface area contributed by atoms with Gasteiger partial charge in [0.15, 0.2) is 0 Å². The highest BCUT2D eigenvalue weighted by Crippen LogP contribution is 2.40. The Labute approximate surface area is 304 Å². The third-order valence-corrected chi connectivity index (χ3v) is 11.0. The maximum atomic E-state index is 11.0. The van der Waals surface area contributed by atoms with E-state index in [1.54, 1.807) is 30.3 Å². The molecule has 0 radical (unpaired) electrons. The van der Waals surface area contributed by atoms with Gasteiger partial charge in [-0.1, -0.05) is 77.9 Å². The standard InChI is InChI=1S/C21H26O2.C11H22O3S.C11H8O2/c1-21(2,3)17-8-10-18(11-9-17)23-20-6-4-5-16-13-15(14-22)7-12-19(16)20;1-11(2,3)9-5-7-10(8-6-9)14-15(4,12)13;12-7-8-4-5-10-9(6-8)2-1-3-11(10)13/h4-7,12-14,17-18H,8-11H2,1-3H3;9-10H,5-8H2,1-4H3;1-7,13H. The third kappa shape index (κ3) is 11.9. The van der Waals surface area contributed by atoms with Crippen molar-refractivity contribution >= 4 is 44.2 Å². The number of phenols is 1. The Kier molecular flexibility index (Phi) is 13.5. The molecule has 0 unspecified atom stereocenters. The van der Waals surface area contributed by atoms with Crippen molar-refractivity contribution in [1.29, 1.82) is 0 Å². The first kappa shape index (κ1) is 40.0. The zero-order chi connectivity index (χ0) is 37.4. The lowest BCUT2D eigenvalue weighted by atomic mass is 9.72. The first-order valence-corrected chi connectivity index (χ1v) is 20.0. The topological polar surface area (TPSA) is 107 Å². The van der Waals surface area contributed by atoms with Gasteiger partial charge in [0, 0.05) is 21.9 Å². The molecule has 0 bridgehead atoms. The number of phenolic OH excluding ortho intramolecular Hbond substituents is 1. The molecule has 6 rings (SSSR count). The fourth-order valence-electron chi connectivity index (χ4n) is 7.31. The molecule has 2 aliphatic carbocycles. The molecule has 0 saturated heterocycles. The van der Waals surface area contributed by atoms with Crippen molar-refractivity contribution in [2.24, 2.45) is 22.7 Å². The van der Waals surface area contributed by atoms with Crippen molar-refractivity contribution in [2.45, 2.75) is 105 Å². The average Bonchev–Trinajstić information content (AvgIpc) is 3.07. The van der Waals surface area contributed by atoms with Crippen LogP contribution in [0.4, 0.5) is 0 Å². The lowest BCUT2D eigenvalue weighted by Crippen LogP contribution is -2.30. The molecule has 0 spiro atoms. The molecular weight excluding hydrogens is 661 g/mol. The molecule has 0 atom stereocenters. The summed E-state index contributed by atoms with van der Waals surface area (Å²) in [5, 5.41) is 13.3. The number of aromatic hydroxyl groups is 1. The van der Waals surface area contributed by atoms with Crippen LogP contribution in [0.5, 0.6) is 11.5 Å². The van der Waals surface area contributed by atoms with Gasteiger partial charge in [0.2, 0.25) is 0 Å². The van der Waals surface area contributed by atoms with Gasteiger partial charge in [0.25, 0.3) is 10.1 Å². The minimum Gasteiger partial charge on any atom is -0.507 e. The lowest BCUT2D eigenvalue weighted by molar-refractivity contribution is 0.0892. The molecule has 1 N–H and O–H groups in total. The SMILES string of the molecule is CC(C)(C)C1CCC(OS(C)(=O)=O)CC1.CC(C)(C)C1CCC(Oc2cccc3cc(C=O)ccc23)CC1.O=Cc1ccc2c(O)cccc2c1. The number of carbonyl (C=O) groups excluding carboxylic acids is 2. The smallest absolute Gasteiger partial charge is 0.264 e. The van der Waals surface area contributed by atoms with E-state index in [4.69, 9.17) is 8.92 Å². The van der Waals surface area contributed by atoms with Crippen molar-refractivity contribution in [3.63, 3.8) is 0 Å². The van der Waals surface area contributed by atoms with E-state index in [-0.39, 0.29) is 11.9 Å². The van der Waals surface area contributed by atoms with Crippen LogP contribution in [0.1, 0.15) is 114 Å². The zero-order valence-corrected chi connectivity index (χ0v) is 32.2. The number of rotatable bonds is 6. The number of benzene rings is 4. The summed E-state index contributed by atoms with van der Waals surface area (Å²) in [6, 6.07) is 22.3. The minimum absolute atomic E-state index is 0.0846. The van der Waals surface area contributed by atoms with Crippen LogP contribution in [0.25, 0.3) is 21.5 Å². The predicted molar refractivity (Wildman–Crippen MR) is 207 cm³/mol. The molecule has 0 aromatic heterocycles. The van der Waals surface area contributed by atoms with Crippen molar-refractivity contribution in [2.75, 3.05) is 6.26 Å². The number of aldehydes is 2. The van der Waals surface area contributed by atoms with E-state index in [9.17, 15) is 23.1 Å². The van der Waals surface area contributed by atoms with E-state index >= 15 is 0 Å². The van der Waals surface area contributed by atoms with E-state index in [0.29, 0.717) is 34.0 Å². The quantitative estimate of drug-likeness (QED) is 0.156. The van der Waals surface area contributed by atoms with E-state index in [2.05, 4.69) is 41.5 Å². The second kappa shape index (κ2) is 17.2. The third-order valence-electron chi connectivity index (χ3n) is 10.4. The van der Waals surface area contributed by atoms with Crippen molar-refractivity contribution in [3.05, 3.63) is 83.9 Å². The molecule has 276 valence electrons. The Morgan fingerprint density at radius 2 is 1.08 bits per heavy atom. The molecule has 0 heterocycles. The summed E-state index contributed by atoms with van der Waals surface area (Å²) in [6.07, 6.45) is 11.7. The Bertz CT molecular complexity index is 1870. The summed E-state index contributed by atoms with van der Waals surface area (Å²) in [5.41, 5.74) is 2.06. The predicted octanol–water partition coefficient (Wildman–Crippen LogP) is 10.6. The van der Waals surface area contributed by atoms with E-state index in [1.165, 1.54) is 12.8 Å². The summed E-state index contributed by atoms with van der Waals surface area (Å²) < 4.78 is 33.2. The summed E-state index contributed by atoms with van der Waals surface area (Å²) in [5.74, 6) is 2.68. The zero-order valence-electron chi connectivity index (χ0n) is 31.4. The first-order chi connectivity index (χ1) is 24.0. The maximum Gasteiger partial charge on any atom is 0.264 e. The van der Waals surface area contributed by atoms with Crippen LogP contribution < -0.4 is 4.74 Å². The minimum atomic E-state index is -3.28. The van der Waals surface area contributed by atoms with Gasteiger partial charge in [-0.3, -0.25) is 13.8 Å². The highest BCUT2D eigenvalue weighted by molar-refractivity contribution is 7.86. The van der Waals surface area contributed by atoms with Crippen molar-refractivity contribution in [1.82, 2.24) is 0 Å². The summed E-state index contributed by atoms with van der Waals surface area (Å²) in [6.45, 7) is 13.8. The number of carbonyl (C=O) groups is 2. The van der Waals surface area contributed by atoms with E-state index in [0.717, 1.165) is 90.6 Å². The summed E-state index contributed by atoms with van der Waals surface area (Å²) in [7, 11) is -3.28. The van der Waals surface area contributed by atoms with Gasteiger partial charge in [-0.05, 0) is 121 Å². The summed E-state index contributed by atoms with van der Waals surface area (Å²) in [4.78, 5) is 21.4. The second-order valence-electron chi connectivity index (χ2n) is 16.3. The van der Waals surface area contributed by atoms with Gasteiger partial charge in [0.05, 0.1) is 18.5 Å². The fraction of sp³-hybridized carbons (Fsp3) is 0.488. The van der Waals surface area contributed by atoms with Gasteiger partial charge in [-0.15, -0.1) is 0 Å². The van der Waals surface area contributed by atoms with Gasteiger partial charge in [-0.25, -0.2) is 0 Å². The monoisotopic (exact) mass is 716 g/mol. The first-order valence-electron chi connectivity index (χ1n) is 18.2. The van der Waals surface area contributed by atoms with Crippen molar-refractivity contribution < 1.29 is 32.0 Å². The van der Waals surface area contributed by atoms with Gasteiger partial charge in [-0.2, -0.15) is 8.42 Å². The Hall–Kier alpha value is -3.75. The van der Waals surface area contributed by atoms with Crippen LogP contribution in [0.2, 0.25) is 0 Å². The van der Waals surface area contributed by atoms with Crippen LogP contribution in [-0.4, -0.2) is 44.6 Å². The van der Waals surface area contributed by atoms with Crippen molar-refractivity contribution in [3.8, 4) is 11.5 Å². The van der Waals surface area contributed by atoms with Crippen LogP contribution in [0, 0.1) is 22.7 Å². The largest absolute Gasteiger partial charge is 0.507 e. The molecular formula is C43H56O7S. The normalized spacial score (nSPS) is 21.1. The summed E-state index contributed by atoms with van der Waals surface area (Å²) >= 11 is 0. The number of hydrogen-bond donors (Lipinski definition) is 1. The highest BCUT2D eigenvalue weighted by Gasteiger charge is 2.32. The molecule has 4 aromatic rings. The van der Waals surface area contributed by atoms with Crippen LogP contribution in [-0.2, 0) is 14.3 Å². The molecule has 51 heavy (non-hydrogen) atoms. The second-order valence-corrected chi connectivity index (χ2v) is 17.9. The molecule has 2 saturated carbocycles. The fourth-order valence-corrected chi connectivity index (χ4v) is 7.99. The van der Waals surface area contributed by atoms with Gasteiger partial charge in [0.1, 0.15) is 24.1 Å². The van der Waals surface area contributed by atoms with Gasteiger partial charge < -0.3 is 9.84 Å². The number of hydrogen-bond acceptors (Lipinski definition) is 7. The lowest BCUT2D eigenvalue weighted by Gasteiger charge is -2.37. The molecule has 0 aliphatic heterocycles. The average molecular weight is 717 g/mol. The Morgan fingerprint density at radius 1 is 0.627 bits per heavy atom. The van der Waals surface area contributed by atoms with E-state index in [1.807, 2.05) is 42.5 Å². The highest BCUT2D eigenvalue weighted by atomic mass is 32.2. The Morgan fingerprint density at radius 3 is 1.55 bits per heavy atom. The molecule has 2 fully saturated rings. The molecule has 7 nitrogen and oxygen atoms in total. The van der Waals surface area contributed by atoms with Crippen LogP contribution in [0.3, 0.4) is 0 Å².